The summed E-state index contributed by atoms with van der Waals surface area (Å²) >= 11 is 0. The summed E-state index contributed by atoms with van der Waals surface area (Å²) in [4.78, 5) is 12.9. The van der Waals surface area contributed by atoms with Gasteiger partial charge in [-0.15, -0.1) is 0 Å². The van der Waals surface area contributed by atoms with Crippen LogP contribution in [0.1, 0.15) is 16.1 Å². The number of carbonyl (C=O) groups is 1. The summed E-state index contributed by atoms with van der Waals surface area (Å²) in [6.45, 7) is 2.23. The topological polar surface area (TPSA) is 102 Å². The zero-order chi connectivity index (χ0) is 19.6. The van der Waals surface area contributed by atoms with Gasteiger partial charge < -0.3 is 14.6 Å². The van der Waals surface area contributed by atoms with Crippen molar-refractivity contribution in [1.29, 1.82) is 0 Å². The summed E-state index contributed by atoms with van der Waals surface area (Å²) in [6.07, 6.45) is 0. The maximum absolute atomic E-state index is 12.9. The van der Waals surface area contributed by atoms with E-state index in [1.807, 2.05) is 30.3 Å². The molecule has 1 aromatic carbocycles. The fourth-order valence-corrected chi connectivity index (χ4v) is 4.18. The molecule has 1 saturated heterocycles. The Morgan fingerprint density at radius 3 is 2.63 bits per heavy atom. The van der Waals surface area contributed by atoms with Crippen molar-refractivity contribution < 1.29 is 22.5 Å². The van der Waals surface area contributed by atoms with Crippen molar-refractivity contribution >= 4 is 15.9 Å². The molecule has 1 aromatic heterocycles. The van der Waals surface area contributed by atoms with Crippen molar-refractivity contribution in [3.05, 3.63) is 41.7 Å². The van der Waals surface area contributed by atoms with Crippen LogP contribution in [0.2, 0.25) is 0 Å². The maximum Gasteiger partial charge on any atom is 0.257 e. The van der Waals surface area contributed by atoms with Gasteiger partial charge in [-0.05, 0) is 6.92 Å². The highest BCUT2D eigenvalue weighted by atomic mass is 32.2. The lowest BCUT2D eigenvalue weighted by atomic mass is 10.0. The van der Waals surface area contributed by atoms with Crippen molar-refractivity contribution in [3.8, 4) is 11.3 Å². The quantitative estimate of drug-likeness (QED) is 0.793. The Morgan fingerprint density at radius 1 is 1.26 bits per heavy atom. The molecular weight excluding hydrogens is 370 g/mol. The van der Waals surface area contributed by atoms with E-state index in [0.717, 1.165) is 5.56 Å². The molecule has 146 valence electrons. The molecule has 2 heterocycles. The highest BCUT2D eigenvalue weighted by Gasteiger charge is 2.35. The minimum atomic E-state index is -3.39. The van der Waals surface area contributed by atoms with Crippen LogP contribution in [-0.2, 0) is 14.8 Å². The van der Waals surface area contributed by atoms with Gasteiger partial charge in [0, 0.05) is 25.6 Å². The van der Waals surface area contributed by atoms with E-state index >= 15 is 0 Å². The van der Waals surface area contributed by atoms with Gasteiger partial charge >= 0.3 is 0 Å². The molecule has 0 radical (unpaired) electrons. The maximum atomic E-state index is 12.9. The number of ether oxygens (including phenoxy) is 1. The molecule has 1 aliphatic rings. The molecule has 0 saturated carbocycles. The molecule has 0 unspecified atom stereocenters. The van der Waals surface area contributed by atoms with Gasteiger partial charge in [0.2, 0.25) is 10.0 Å². The summed E-state index contributed by atoms with van der Waals surface area (Å²) in [5.74, 6) is -0.348. The minimum Gasteiger partial charge on any atom is -0.379 e. The number of nitrogens with zero attached hydrogens (tertiary/aromatic N) is 2. The second-order valence-electron chi connectivity index (χ2n) is 6.77. The Hall–Kier alpha value is -2.23. The standard InChI is InChI=1S/C18H23N3O5S/c1-12-16(17(20-26-12)13-7-5-4-6-8-13)18(22)19-15-10-25-9-14(15)11-27(23,24)21(2)3/h4-8,14-15H,9-11H2,1-3H3,(H,19,22)/t14-,15+/m0/s1. The van der Waals surface area contributed by atoms with Crippen LogP contribution in [0.5, 0.6) is 0 Å². The number of amides is 1. The van der Waals surface area contributed by atoms with E-state index < -0.39 is 16.1 Å². The molecule has 0 spiro atoms. The summed E-state index contributed by atoms with van der Waals surface area (Å²) in [7, 11) is -0.409. The van der Waals surface area contributed by atoms with Gasteiger partial charge in [-0.1, -0.05) is 35.5 Å². The number of benzene rings is 1. The molecule has 8 nitrogen and oxygen atoms in total. The Kier molecular flexibility index (Phi) is 5.64. The van der Waals surface area contributed by atoms with Gasteiger partial charge in [0.05, 0.1) is 25.0 Å². The molecule has 27 heavy (non-hydrogen) atoms. The van der Waals surface area contributed by atoms with Crippen molar-refractivity contribution in [2.75, 3.05) is 33.1 Å². The fourth-order valence-electron chi connectivity index (χ4n) is 3.02. The predicted octanol–water partition coefficient (Wildman–Crippen LogP) is 1.29. The van der Waals surface area contributed by atoms with Crippen LogP contribution in [0.3, 0.4) is 0 Å². The SMILES string of the molecule is Cc1onc(-c2ccccc2)c1C(=O)N[C@@H]1COC[C@H]1CS(=O)(=O)N(C)C. The number of aromatic nitrogens is 1. The van der Waals surface area contributed by atoms with Crippen LogP contribution in [-0.4, -0.2) is 62.9 Å². The monoisotopic (exact) mass is 393 g/mol. The van der Waals surface area contributed by atoms with Gasteiger partial charge in [-0.2, -0.15) is 0 Å². The molecule has 2 atom stereocenters. The zero-order valence-corrected chi connectivity index (χ0v) is 16.3. The molecule has 3 rings (SSSR count). The molecule has 1 aliphatic heterocycles. The Labute approximate surface area is 158 Å². The number of hydrogen-bond donors (Lipinski definition) is 1. The third kappa shape index (κ3) is 4.20. The summed E-state index contributed by atoms with van der Waals surface area (Å²) in [5.41, 5.74) is 1.58. The number of aryl methyl sites for hydroxylation is 1. The summed E-state index contributed by atoms with van der Waals surface area (Å²) < 4.78 is 36.2. The van der Waals surface area contributed by atoms with Crippen LogP contribution < -0.4 is 5.32 Å². The lowest BCUT2D eigenvalue weighted by Crippen LogP contribution is -2.43. The van der Waals surface area contributed by atoms with E-state index in [0.29, 0.717) is 17.0 Å². The Balaban J connectivity index is 1.79. The van der Waals surface area contributed by atoms with Crippen LogP contribution in [0.4, 0.5) is 0 Å². The van der Waals surface area contributed by atoms with Crippen LogP contribution in [0, 0.1) is 12.8 Å². The van der Waals surface area contributed by atoms with E-state index in [1.165, 1.54) is 18.4 Å². The first-order valence-corrected chi connectivity index (χ1v) is 10.2. The van der Waals surface area contributed by atoms with Crippen molar-refractivity contribution in [2.24, 2.45) is 5.92 Å². The molecule has 1 fully saturated rings. The molecule has 9 heteroatoms. The van der Waals surface area contributed by atoms with E-state index in [4.69, 9.17) is 9.26 Å². The molecule has 0 bridgehead atoms. The second-order valence-corrected chi connectivity index (χ2v) is 8.99. The first kappa shape index (κ1) is 19.5. The lowest BCUT2D eigenvalue weighted by molar-refractivity contribution is 0.0925. The average molecular weight is 393 g/mol. The first-order valence-electron chi connectivity index (χ1n) is 8.60. The molecular formula is C18H23N3O5S. The summed E-state index contributed by atoms with van der Waals surface area (Å²) in [6, 6.07) is 8.88. The smallest absolute Gasteiger partial charge is 0.257 e. The van der Waals surface area contributed by atoms with Gasteiger partial charge in [0.1, 0.15) is 17.0 Å². The van der Waals surface area contributed by atoms with Gasteiger partial charge in [0.25, 0.3) is 5.91 Å². The zero-order valence-electron chi connectivity index (χ0n) is 15.5. The van der Waals surface area contributed by atoms with Gasteiger partial charge in [-0.3, -0.25) is 4.79 Å². The van der Waals surface area contributed by atoms with Crippen LogP contribution >= 0.6 is 0 Å². The van der Waals surface area contributed by atoms with E-state index in [1.54, 1.807) is 6.92 Å². The Morgan fingerprint density at radius 2 is 1.96 bits per heavy atom. The van der Waals surface area contributed by atoms with Crippen molar-refractivity contribution in [2.45, 2.75) is 13.0 Å². The van der Waals surface area contributed by atoms with Crippen LogP contribution in [0.15, 0.2) is 34.9 Å². The predicted molar refractivity (Wildman–Crippen MR) is 99.7 cm³/mol. The number of nitrogens with one attached hydrogen (secondary N) is 1. The highest BCUT2D eigenvalue weighted by Crippen LogP contribution is 2.26. The number of sulfonamides is 1. The van der Waals surface area contributed by atoms with E-state index in [2.05, 4.69) is 10.5 Å². The van der Waals surface area contributed by atoms with Gasteiger partial charge in [0.15, 0.2) is 0 Å². The summed E-state index contributed by atoms with van der Waals surface area (Å²) in [5, 5.41) is 6.91. The van der Waals surface area contributed by atoms with E-state index in [-0.39, 0.29) is 30.8 Å². The number of carbonyl (C=O) groups excluding carboxylic acids is 1. The third-order valence-corrected chi connectivity index (χ3v) is 6.59. The highest BCUT2D eigenvalue weighted by molar-refractivity contribution is 7.89. The minimum absolute atomic E-state index is 0.0842. The normalized spacial score (nSPS) is 20.1. The second kappa shape index (κ2) is 7.79. The van der Waals surface area contributed by atoms with Gasteiger partial charge in [-0.25, -0.2) is 12.7 Å². The van der Waals surface area contributed by atoms with E-state index in [9.17, 15) is 13.2 Å². The Bertz CT molecular complexity index is 908. The average Bonchev–Trinajstić information content (AvgIpc) is 3.21. The lowest BCUT2D eigenvalue weighted by Gasteiger charge is -2.21. The molecule has 1 N–H and O–H groups in total. The molecule has 0 aliphatic carbocycles. The third-order valence-electron chi connectivity index (χ3n) is 4.63. The molecule has 1 amide bonds. The fraction of sp³-hybridized carbons (Fsp3) is 0.444. The van der Waals surface area contributed by atoms with Crippen LogP contribution in [0.25, 0.3) is 11.3 Å². The van der Waals surface area contributed by atoms with Crippen molar-refractivity contribution in [1.82, 2.24) is 14.8 Å². The first-order chi connectivity index (χ1) is 12.8. The molecule has 2 aromatic rings. The van der Waals surface area contributed by atoms with Crippen molar-refractivity contribution in [3.63, 3.8) is 0 Å². The number of hydrogen-bond acceptors (Lipinski definition) is 6. The largest absolute Gasteiger partial charge is 0.379 e. The number of rotatable bonds is 6.